The first-order valence-electron chi connectivity index (χ1n) is 9.00. The van der Waals surface area contributed by atoms with Crippen molar-refractivity contribution < 1.29 is 9.53 Å². The summed E-state index contributed by atoms with van der Waals surface area (Å²) in [6, 6.07) is 9.05. The lowest BCUT2D eigenvalue weighted by atomic mass is 9.97. The monoisotopic (exact) mass is 355 g/mol. The molecule has 6 heteroatoms. The van der Waals surface area contributed by atoms with Crippen LogP contribution >= 0.6 is 0 Å². The van der Waals surface area contributed by atoms with E-state index in [1.54, 1.807) is 0 Å². The van der Waals surface area contributed by atoms with Gasteiger partial charge in [-0.2, -0.15) is 9.78 Å². The predicted molar refractivity (Wildman–Crippen MR) is 100 cm³/mol. The Bertz CT molecular complexity index is 848. The summed E-state index contributed by atoms with van der Waals surface area (Å²) in [5.41, 5.74) is 1.55. The fourth-order valence-electron chi connectivity index (χ4n) is 3.56. The molecule has 0 N–H and O–H groups in total. The number of aryl methyl sites for hydroxylation is 1. The Balaban J connectivity index is 2.08. The molecule has 1 saturated heterocycles. The van der Waals surface area contributed by atoms with E-state index in [0.29, 0.717) is 5.69 Å². The molecule has 2 atom stereocenters. The second-order valence-electron chi connectivity index (χ2n) is 6.99. The number of nitrogens with zero attached hydrogens (tertiary/aromatic N) is 3. The number of rotatable bonds is 3. The normalized spacial score (nSPS) is 20.1. The van der Waals surface area contributed by atoms with E-state index in [-0.39, 0.29) is 35.0 Å². The van der Waals surface area contributed by atoms with Crippen LogP contribution in [0.4, 0.5) is 0 Å². The van der Waals surface area contributed by atoms with E-state index in [9.17, 15) is 9.59 Å². The van der Waals surface area contributed by atoms with Crippen LogP contribution in [-0.2, 0) is 0 Å². The van der Waals surface area contributed by atoms with Crippen LogP contribution in [-0.4, -0.2) is 39.8 Å². The Morgan fingerprint density at radius 2 is 1.77 bits per heavy atom. The molecule has 0 unspecified atom stereocenters. The van der Waals surface area contributed by atoms with Crippen LogP contribution in [0.1, 0.15) is 49.2 Å². The molecule has 3 rings (SSSR count). The average Bonchev–Trinajstić information content (AvgIpc) is 2.62. The van der Waals surface area contributed by atoms with Gasteiger partial charge in [0.15, 0.2) is 11.4 Å². The minimum atomic E-state index is -0.331. The second kappa shape index (κ2) is 7.32. The summed E-state index contributed by atoms with van der Waals surface area (Å²) >= 11 is 0. The molecule has 2 aromatic rings. The number of carbonyl (C=O) groups is 1. The molecule has 6 nitrogen and oxygen atoms in total. The highest BCUT2D eigenvalue weighted by molar-refractivity contribution is 5.95. The van der Waals surface area contributed by atoms with E-state index in [1.807, 2.05) is 36.1 Å². The number of aromatic nitrogens is 2. The molecule has 1 fully saturated rings. The van der Waals surface area contributed by atoms with Crippen LogP contribution < -0.4 is 10.3 Å². The zero-order valence-electron chi connectivity index (χ0n) is 15.7. The van der Waals surface area contributed by atoms with Gasteiger partial charge in [0.2, 0.25) is 0 Å². The van der Waals surface area contributed by atoms with Crippen molar-refractivity contribution in [1.82, 2.24) is 14.7 Å². The molecule has 0 bridgehead atoms. The Kier molecular flexibility index (Phi) is 5.11. The molecule has 1 aliphatic rings. The van der Waals surface area contributed by atoms with Crippen molar-refractivity contribution in [2.75, 3.05) is 7.11 Å². The molecule has 1 aromatic carbocycles. The minimum absolute atomic E-state index is 0.137. The Morgan fingerprint density at radius 1 is 1.15 bits per heavy atom. The summed E-state index contributed by atoms with van der Waals surface area (Å²) in [6.45, 7) is 6.08. The summed E-state index contributed by atoms with van der Waals surface area (Å²) in [7, 11) is 1.45. The van der Waals surface area contributed by atoms with E-state index in [0.717, 1.165) is 24.8 Å². The molecule has 1 amide bonds. The number of ether oxygens (including phenoxy) is 1. The van der Waals surface area contributed by atoms with E-state index in [4.69, 9.17) is 4.74 Å². The number of hydrogen-bond donors (Lipinski definition) is 0. The molecule has 1 aromatic heterocycles. The largest absolute Gasteiger partial charge is 0.494 e. The maximum Gasteiger partial charge on any atom is 0.278 e. The first-order valence-corrected chi connectivity index (χ1v) is 9.00. The van der Waals surface area contributed by atoms with E-state index in [2.05, 4.69) is 18.9 Å². The van der Waals surface area contributed by atoms with Crippen LogP contribution in [0, 0.1) is 6.92 Å². The Hall–Kier alpha value is -2.63. The third-order valence-corrected chi connectivity index (χ3v) is 5.03. The topological polar surface area (TPSA) is 64.4 Å². The third-order valence-electron chi connectivity index (χ3n) is 5.03. The maximum atomic E-state index is 13.2. The van der Waals surface area contributed by atoms with Gasteiger partial charge in [0.25, 0.3) is 11.5 Å². The third kappa shape index (κ3) is 3.36. The lowest BCUT2D eigenvalue weighted by Crippen LogP contribution is -2.48. The first-order chi connectivity index (χ1) is 12.4. The first kappa shape index (κ1) is 18.2. The lowest BCUT2D eigenvalue weighted by molar-refractivity contribution is 0.0499. The SMILES string of the molecule is COc1cc(=O)n(-c2ccc(C)cc2)nc1C(=O)N1[C@H](C)CCC[C@@H]1C. The molecule has 0 radical (unpaired) electrons. The summed E-state index contributed by atoms with van der Waals surface area (Å²) in [4.78, 5) is 27.5. The average molecular weight is 355 g/mol. The van der Waals surface area contributed by atoms with Crippen LogP contribution in [0.3, 0.4) is 0 Å². The highest BCUT2D eigenvalue weighted by Gasteiger charge is 2.32. The van der Waals surface area contributed by atoms with Crippen molar-refractivity contribution in [2.24, 2.45) is 0 Å². The lowest BCUT2D eigenvalue weighted by Gasteiger charge is -2.38. The molecule has 2 heterocycles. The van der Waals surface area contributed by atoms with Crippen molar-refractivity contribution in [3.05, 3.63) is 51.9 Å². The second-order valence-corrected chi connectivity index (χ2v) is 6.99. The van der Waals surface area contributed by atoms with E-state index < -0.39 is 0 Å². The zero-order chi connectivity index (χ0) is 18.8. The number of piperidine rings is 1. The Morgan fingerprint density at radius 3 is 2.35 bits per heavy atom. The van der Waals surface area contributed by atoms with E-state index >= 15 is 0 Å². The Labute approximate surface area is 153 Å². The van der Waals surface area contributed by atoms with Crippen molar-refractivity contribution in [2.45, 2.75) is 52.1 Å². The highest BCUT2D eigenvalue weighted by atomic mass is 16.5. The molecule has 26 heavy (non-hydrogen) atoms. The quantitative estimate of drug-likeness (QED) is 0.849. The van der Waals surface area contributed by atoms with Gasteiger partial charge >= 0.3 is 0 Å². The number of carbonyl (C=O) groups excluding carboxylic acids is 1. The number of likely N-dealkylation sites (tertiary alicyclic amines) is 1. The van der Waals surface area contributed by atoms with Gasteiger partial charge in [-0.3, -0.25) is 9.59 Å². The van der Waals surface area contributed by atoms with Crippen LogP contribution in [0.25, 0.3) is 5.69 Å². The standard InChI is InChI=1S/C20H25N3O3/c1-13-8-10-16(11-9-13)23-18(24)12-17(26-4)19(21-23)20(25)22-14(2)6-5-7-15(22)3/h8-12,14-15H,5-7H2,1-4H3/t14-,15+. The molecule has 138 valence electrons. The highest BCUT2D eigenvalue weighted by Crippen LogP contribution is 2.26. The van der Waals surface area contributed by atoms with Gasteiger partial charge in [0, 0.05) is 12.1 Å². The van der Waals surface area contributed by atoms with Gasteiger partial charge in [-0.1, -0.05) is 17.7 Å². The molecule has 0 saturated carbocycles. The molecule has 0 aliphatic carbocycles. The number of hydrogen-bond acceptors (Lipinski definition) is 4. The fourth-order valence-corrected chi connectivity index (χ4v) is 3.56. The van der Waals surface area contributed by atoms with Crippen molar-refractivity contribution in [1.29, 1.82) is 0 Å². The van der Waals surface area contributed by atoms with Crippen LogP contribution in [0.15, 0.2) is 35.1 Å². The van der Waals surface area contributed by atoms with Gasteiger partial charge in [-0.25, -0.2) is 0 Å². The van der Waals surface area contributed by atoms with Crippen LogP contribution in [0.2, 0.25) is 0 Å². The number of benzene rings is 1. The van der Waals surface area contributed by atoms with Gasteiger partial charge < -0.3 is 9.64 Å². The molecular weight excluding hydrogens is 330 g/mol. The minimum Gasteiger partial charge on any atom is -0.494 e. The summed E-state index contributed by atoms with van der Waals surface area (Å²) in [6.07, 6.45) is 3.05. The predicted octanol–water partition coefficient (Wildman–Crippen LogP) is 2.95. The van der Waals surface area contributed by atoms with Crippen molar-refractivity contribution >= 4 is 5.91 Å². The number of methoxy groups -OCH3 is 1. The summed E-state index contributed by atoms with van der Waals surface area (Å²) < 4.78 is 6.55. The summed E-state index contributed by atoms with van der Waals surface area (Å²) in [5.74, 6) is 0.0238. The molecule has 1 aliphatic heterocycles. The van der Waals surface area contributed by atoms with Crippen molar-refractivity contribution in [3.8, 4) is 11.4 Å². The molecule has 0 spiro atoms. The van der Waals surface area contributed by atoms with E-state index in [1.165, 1.54) is 17.9 Å². The molecular formula is C20H25N3O3. The smallest absolute Gasteiger partial charge is 0.278 e. The van der Waals surface area contributed by atoms with Gasteiger partial charge in [0.1, 0.15) is 0 Å². The maximum absolute atomic E-state index is 13.2. The van der Waals surface area contributed by atoms with Gasteiger partial charge in [0.05, 0.1) is 18.9 Å². The van der Waals surface area contributed by atoms with Gasteiger partial charge in [-0.15, -0.1) is 0 Å². The van der Waals surface area contributed by atoms with Gasteiger partial charge in [-0.05, 0) is 52.2 Å². The number of amides is 1. The van der Waals surface area contributed by atoms with Crippen molar-refractivity contribution in [3.63, 3.8) is 0 Å². The zero-order valence-corrected chi connectivity index (χ0v) is 15.7. The summed E-state index contributed by atoms with van der Waals surface area (Å²) in [5, 5.41) is 4.37. The fraction of sp³-hybridized carbons (Fsp3) is 0.450. The van der Waals surface area contributed by atoms with Crippen LogP contribution in [0.5, 0.6) is 5.75 Å².